The summed E-state index contributed by atoms with van der Waals surface area (Å²) in [7, 11) is 0. The molecular formula is C24H31N3O3S. The molecule has 0 aliphatic carbocycles. The normalized spacial score (nSPS) is 21.8. The average Bonchev–Trinajstić information content (AvgIpc) is 3.11. The Balaban J connectivity index is 0.00000132. The van der Waals surface area contributed by atoms with Gasteiger partial charge >= 0.3 is 0 Å². The third-order valence-corrected chi connectivity index (χ3v) is 6.25. The molecule has 2 saturated heterocycles. The molecule has 0 aromatic heterocycles. The summed E-state index contributed by atoms with van der Waals surface area (Å²) in [5.41, 5.74) is 2.39. The molecule has 1 unspecified atom stereocenters. The van der Waals surface area contributed by atoms with E-state index in [0.29, 0.717) is 30.5 Å². The zero-order valence-electron chi connectivity index (χ0n) is 18.5. The van der Waals surface area contributed by atoms with Gasteiger partial charge in [0.05, 0.1) is 0 Å². The zero-order valence-corrected chi connectivity index (χ0v) is 19.4. The molecule has 0 bridgehead atoms. The Kier molecular flexibility index (Phi) is 7.79. The van der Waals surface area contributed by atoms with Crippen LogP contribution in [0.25, 0.3) is 0 Å². The van der Waals surface area contributed by atoms with Crippen molar-refractivity contribution >= 4 is 30.4 Å². The van der Waals surface area contributed by atoms with Gasteiger partial charge in [-0.3, -0.25) is 19.7 Å². The molecule has 3 aliphatic rings. The molecule has 2 fully saturated rings. The summed E-state index contributed by atoms with van der Waals surface area (Å²) in [6.07, 6.45) is 4.47. The maximum Gasteiger partial charge on any atom is 0.255 e. The molecule has 3 aliphatic heterocycles. The fraction of sp³-hybridized carbons (Fsp3) is 0.542. The number of hydrogen-bond donors (Lipinski definition) is 2. The van der Waals surface area contributed by atoms with E-state index in [-0.39, 0.29) is 24.1 Å². The van der Waals surface area contributed by atoms with Crippen LogP contribution in [-0.2, 0) is 16.1 Å². The van der Waals surface area contributed by atoms with Crippen LogP contribution in [0.4, 0.5) is 0 Å². The smallest absolute Gasteiger partial charge is 0.255 e. The molecular weight excluding hydrogens is 410 g/mol. The van der Waals surface area contributed by atoms with Gasteiger partial charge < -0.3 is 9.80 Å². The minimum atomic E-state index is -0.589. The molecule has 0 spiro atoms. The van der Waals surface area contributed by atoms with E-state index in [9.17, 15) is 14.4 Å². The van der Waals surface area contributed by atoms with E-state index in [0.717, 1.165) is 37.1 Å². The number of piperidine rings is 2. The van der Waals surface area contributed by atoms with Crippen LogP contribution in [0.5, 0.6) is 0 Å². The summed E-state index contributed by atoms with van der Waals surface area (Å²) < 4.78 is 0. The number of hydrogen-bond acceptors (Lipinski definition) is 5. The molecule has 1 atom stereocenters. The van der Waals surface area contributed by atoms with Crippen molar-refractivity contribution in [3.8, 4) is 11.8 Å². The lowest BCUT2D eigenvalue weighted by Crippen LogP contribution is -2.52. The van der Waals surface area contributed by atoms with Gasteiger partial charge in [0.15, 0.2) is 0 Å². The molecule has 4 rings (SSSR count). The van der Waals surface area contributed by atoms with Crippen LogP contribution < -0.4 is 5.32 Å². The van der Waals surface area contributed by atoms with Crippen molar-refractivity contribution in [2.45, 2.75) is 58.2 Å². The standard InChI is InChI=1S/C23H27N3O3.CH4S/c1-15(2)25-12-10-16(11-13-25)6-7-17-4-3-5-18-19(17)14-26(23(18)29)20-8-9-21(27)24-22(20)28;1-2/h3-5,15-16,20H,8-14H2,1-2H3,(H,24,27,28);2H,1H3. The number of nitrogens with one attached hydrogen (secondary N) is 1. The maximum atomic E-state index is 12.9. The number of amides is 3. The van der Waals surface area contributed by atoms with Gasteiger partial charge in [-0.1, -0.05) is 17.9 Å². The Morgan fingerprint density at radius 1 is 1.10 bits per heavy atom. The van der Waals surface area contributed by atoms with E-state index in [1.54, 1.807) is 17.2 Å². The van der Waals surface area contributed by atoms with Crippen LogP contribution >= 0.6 is 12.6 Å². The van der Waals surface area contributed by atoms with Crippen LogP contribution in [0.3, 0.4) is 0 Å². The van der Waals surface area contributed by atoms with E-state index in [1.807, 2.05) is 12.1 Å². The van der Waals surface area contributed by atoms with Crippen molar-refractivity contribution in [1.82, 2.24) is 15.1 Å². The van der Waals surface area contributed by atoms with Crippen molar-refractivity contribution in [2.75, 3.05) is 19.3 Å². The largest absolute Gasteiger partial charge is 0.322 e. The van der Waals surface area contributed by atoms with E-state index in [1.165, 1.54) is 0 Å². The monoisotopic (exact) mass is 441 g/mol. The lowest BCUT2D eigenvalue weighted by atomic mass is 9.95. The minimum absolute atomic E-state index is 0.150. The third kappa shape index (κ3) is 5.13. The summed E-state index contributed by atoms with van der Waals surface area (Å²) in [5, 5.41) is 2.34. The maximum absolute atomic E-state index is 12.9. The SMILES string of the molecule is CC(C)N1CCC(C#Cc2cccc3c2CN(C2CCC(=O)NC2=O)C3=O)CC1.CS. The number of thiol groups is 1. The van der Waals surface area contributed by atoms with Crippen LogP contribution in [0.2, 0.25) is 0 Å². The van der Waals surface area contributed by atoms with Crippen LogP contribution in [0.1, 0.15) is 61.0 Å². The van der Waals surface area contributed by atoms with Gasteiger partial charge in [-0.2, -0.15) is 12.6 Å². The van der Waals surface area contributed by atoms with Gasteiger partial charge in [0.2, 0.25) is 11.8 Å². The molecule has 1 aromatic rings. The lowest BCUT2D eigenvalue weighted by Gasteiger charge is -2.32. The second-order valence-corrected chi connectivity index (χ2v) is 8.40. The van der Waals surface area contributed by atoms with Crippen molar-refractivity contribution in [3.63, 3.8) is 0 Å². The quantitative estimate of drug-likeness (QED) is 0.420. The summed E-state index contributed by atoms with van der Waals surface area (Å²) in [6, 6.07) is 5.60. The molecule has 1 aromatic carbocycles. The summed E-state index contributed by atoms with van der Waals surface area (Å²) >= 11 is 3.53. The second-order valence-electron chi connectivity index (χ2n) is 8.40. The minimum Gasteiger partial charge on any atom is -0.322 e. The van der Waals surface area contributed by atoms with Crippen molar-refractivity contribution in [2.24, 2.45) is 5.92 Å². The van der Waals surface area contributed by atoms with Gasteiger partial charge in [0, 0.05) is 36.1 Å². The van der Waals surface area contributed by atoms with Crippen molar-refractivity contribution < 1.29 is 14.4 Å². The highest BCUT2D eigenvalue weighted by Gasteiger charge is 2.39. The summed E-state index contributed by atoms with van der Waals surface area (Å²) in [6.45, 7) is 6.98. The Hall–Kier alpha value is -2.30. The third-order valence-electron chi connectivity index (χ3n) is 6.25. The molecule has 6 nitrogen and oxygen atoms in total. The first-order valence-corrected chi connectivity index (χ1v) is 11.8. The van der Waals surface area contributed by atoms with Crippen LogP contribution in [-0.4, -0.2) is 59.0 Å². The molecule has 7 heteroatoms. The molecule has 0 radical (unpaired) electrons. The summed E-state index contributed by atoms with van der Waals surface area (Å²) in [4.78, 5) is 40.6. The molecule has 3 heterocycles. The van der Waals surface area contributed by atoms with Crippen LogP contribution in [0, 0.1) is 17.8 Å². The predicted octanol–water partition coefficient (Wildman–Crippen LogP) is 2.47. The first kappa shape index (κ1) is 23.4. The highest BCUT2D eigenvalue weighted by Crippen LogP contribution is 2.29. The highest BCUT2D eigenvalue weighted by molar-refractivity contribution is 7.79. The van der Waals surface area contributed by atoms with E-state index in [4.69, 9.17) is 0 Å². The summed E-state index contributed by atoms with van der Waals surface area (Å²) in [5.74, 6) is 6.31. The Labute approximate surface area is 190 Å². The first-order valence-electron chi connectivity index (χ1n) is 10.9. The Bertz CT molecular complexity index is 910. The molecule has 0 saturated carbocycles. The van der Waals surface area contributed by atoms with Gasteiger partial charge in [0.1, 0.15) is 6.04 Å². The van der Waals surface area contributed by atoms with Crippen LogP contribution in [0.15, 0.2) is 18.2 Å². The van der Waals surface area contributed by atoms with Crippen molar-refractivity contribution in [3.05, 3.63) is 34.9 Å². The number of likely N-dealkylation sites (tertiary alicyclic amines) is 1. The van der Waals surface area contributed by atoms with E-state index >= 15 is 0 Å². The lowest BCUT2D eigenvalue weighted by molar-refractivity contribution is -0.136. The van der Waals surface area contributed by atoms with Gasteiger partial charge in [-0.25, -0.2) is 0 Å². The topological polar surface area (TPSA) is 69.7 Å². The molecule has 1 N–H and O–H groups in total. The van der Waals surface area contributed by atoms with E-state index in [2.05, 4.69) is 48.5 Å². The van der Waals surface area contributed by atoms with E-state index < -0.39 is 6.04 Å². The van der Waals surface area contributed by atoms with Gasteiger partial charge in [0.25, 0.3) is 5.91 Å². The number of benzene rings is 1. The second kappa shape index (κ2) is 10.3. The predicted molar refractivity (Wildman–Crippen MR) is 124 cm³/mol. The number of carbonyl (C=O) groups is 3. The fourth-order valence-corrected chi connectivity index (χ4v) is 4.44. The zero-order chi connectivity index (χ0) is 22.5. The average molecular weight is 442 g/mol. The number of fused-ring (bicyclic) bond motifs is 1. The molecule has 3 amide bonds. The highest BCUT2D eigenvalue weighted by atomic mass is 32.1. The van der Waals surface area contributed by atoms with Crippen molar-refractivity contribution in [1.29, 1.82) is 0 Å². The number of imide groups is 1. The number of carbonyl (C=O) groups excluding carboxylic acids is 3. The molecule has 31 heavy (non-hydrogen) atoms. The van der Waals surface area contributed by atoms with Gasteiger partial charge in [-0.15, -0.1) is 0 Å². The Morgan fingerprint density at radius 2 is 1.81 bits per heavy atom. The van der Waals surface area contributed by atoms with Gasteiger partial charge in [-0.05, 0) is 70.2 Å². The molecule has 166 valence electrons. The fourth-order valence-electron chi connectivity index (χ4n) is 4.44. The first-order chi connectivity index (χ1) is 14.9. The number of nitrogens with zero attached hydrogens (tertiary/aromatic N) is 2. The Morgan fingerprint density at radius 3 is 2.45 bits per heavy atom. The number of rotatable bonds is 2.